The van der Waals surface area contributed by atoms with E-state index in [1.54, 1.807) is 0 Å². The lowest BCUT2D eigenvalue weighted by Gasteiger charge is -2.11. The number of nitrogens with zero attached hydrogens (tertiary/aromatic N) is 2. The number of benzene rings is 2. The smallest absolute Gasteiger partial charge is 0.270 e. The van der Waals surface area contributed by atoms with Gasteiger partial charge in [0.25, 0.3) is 11.6 Å². The van der Waals surface area contributed by atoms with Gasteiger partial charge in [0, 0.05) is 42.2 Å². The predicted octanol–water partition coefficient (Wildman–Crippen LogP) is 2.73. The Balaban J connectivity index is 1.42. The summed E-state index contributed by atoms with van der Waals surface area (Å²) in [5, 5.41) is 14.3. The van der Waals surface area contributed by atoms with Crippen LogP contribution in [-0.2, 0) is 10.0 Å². The van der Waals surface area contributed by atoms with Crippen LogP contribution in [0.2, 0.25) is 0 Å². The maximum atomic E-state index is 12.8. The summed E-state index contributed by atoms with van der Waals surface area (Å²) in [6.45, 7) is -0.00232. The van der Waals surface area contributed by atoms with Crippen LogP contribution in [0.4, 0.5) is 5.69 Å². The largest absolute Gasteiger partial charge is 0.351 e. The van der Waals surface area contributed by atoms with Gasteiger partial charge in [-0.3, -0.25) is 19.9 Å². The average Bonchev–Trinajstić information content (AvgIpc) is 3.61. The van der Waals surface area contributed by atoms with E-state index >= 15 is 0 Å². The summed E-state index contributed by atoms with van der Waals surface area (Å²) in [6.07, 6.45) is 2.12. The van der Waals surface area contributed by atoms with Crippen molar-refractivity contribution in [1.82, 2.24) is 15.0 Å². The minimum absolute atomic E-state index is 0.0579. The van der Waals surface area contributed by atoms with Crippen LogP contribution < -0.4 is 10.0 Å². The summed E-state index contributed by atoms with van der Waals surface area (Å²) in [4.78, 5) is 27.4. The molecule has 1 saturated carbocycles. The molecule has 1 aliphatic rings. The van der Waals surface area contributed by atoms with Gasteiger partial charge in [-0.1, -0.05) is 24.3 Å². The first-order chi connectivity index (χ1) is 14.8. The fourth-order valence-electron chi connectivity index (χ4n) is 3.28. The first-order valence-electron chi connectivity index (χ1n) is 9.77. The van der Waals surface area contributed by atoms with Gasteiger partial charge in [0.05, 0.1) is 20.9 Å². The molecule has 2 aromatic carbocycles. The third kappa shape index (κ3) is 4.70. The van der Waals surface area contributed by atoms with Crippen LogP contribution in [0.15, 0.2) is 59.5 Å². The highest BCUT2D eigenvalue weighted by Crippen LogP contribution is 2.40. The minimum atomic E-state index is -3.94. The number of carbonyl (C=O) groups excluding carboxylic acids is 1. The van der Waals surface area contributed by atoms with Crippen LogP contribution in [0.3, 0.4) is 0 Å². The lowest BCUT2D eigenvalue weighted by molar-refractivity contribution is -0.385. The van der Waals surface area contributed by atoms with E-state index in [1.807, 2.05) is 30.3 Å². The van der Waals surface area contributed by atoms with Crippen molar-refractivity contribution in [2.24, 2.45) is 0 Å². The Morgan fingerprint density at radius 1 is 1.10 bits per heavy atom. The number of fused-ring (bicyclic) bond motifs is 1. The third-order valence-corrected chi connectivity index (χ3v) is 6.48. The zero-order valence-electron chi connectivity index (χ0n) is 16.4. The van der Waals surface area contributed by atoms with E-state index in [2.05, 4.69) is 15.0 Å². The van der Waals surface area contributed by atoms with E-state index in [1.165, 1.54) is 18.2 Å². The first-order valence-corrected chi connectivity index (χ1v) is 11.3. The maximum Gasteiger partial charge on any atom is 0.270 e. The minimum Gasteiger partial charge on any atom is -0.351 e. The van der Waals surface area contributed by atoms with Crippen molar-refractivity contribution >= 4 is 32.5 Å². The molecule has 4 rings (SSSR count). The number of carbonyl (C=O) groups is 1. The summed E-state index contributed by atoms with van der Waals surface area (Å²) in [6, 6.07) is 14.0. The second kappa shape index (κ2) is 8.40. The number of hydrogen-bond donors (Lipinski definition) is 2. The molecule has 1 aliphatic carbocycles. The zero-order chi connectivity index (χ0) is 22.0. The number of para-hydroxylation sites is 1. The van der Waals surface area contributed by atoms with Gasteiger partial charge in [-0.2, -0.15) is 0 Å². The van der Waals surface area contributed by atoms with Crippen molar-refractivity contribution in [3.05, 3.63) is 76.0 Å². The van der Waals surface area contributed by atoms with E-state index in [0.29, 0.717) is 11.5 Å². The number of nitrogens with one attached hydrogen (secondary N) is 2. The van der Waals surface area contributed by atoms with Gasteiger partial charge in [0.2, 0.25) is 10.0 Å². The molecule has 0 spiro atoms. The summed E-state index contributed by atoms with van der Waals surface area (Å²) in [5.74, 6) is 0.0768. The molecule has 10 heteroatoms. The molecule has 0 radical (unpaired) electrons. The number of aromatic nitrogens is 1. The van der Waals surface area contributed by atoms with Gasteiger partial charge in [-0.15, -0.1) is 0 Å². The Morgan fingerprint density at radius 3 is 2.61 bits per heavy atom. The monoisotopic (exact) mass is 440 g/mol. The molecule has 0 atom stereocenters. The van der Waals surface area contributed by atoms with Crippen molar-refractivity contribution in [3.63, 3.8) is 0 Å². The standard InChI is InChI=1S/C21H20N4O5S/c26-21(18-13-20(14-8-9-14)24-19-7-2-1-6-17(18)19)22-10-11-23-31(29,30)16-5-3-4-15(12-16)25(27)28/h1-7,12-14,23H,8-11H2,(H,22,26). The Kier molecular flexibility index (Phi) is 5.66. The first kappa shape index (κ1) is 20.9. The molecule has 0 unspecified atom stereocenters. The molecule has 1 fully saturated rings. The topological polar surface area (TPSA) is 131 Å². The van der Waals surface area contributed by atoms with Gasteiger partial charge in [0.1, 0.15) is 0 Å². The second-order valence-electron chi connectivity index (χ2n) is 7.29. The Morgan fingerprint density at radius 2 is 1.87 bits per heavy atom. The van der Waals surface area contributed by atoms with E-state index in [9.17, 15) is 23.3 Å². The molecule has 2 N–H and O–H groups in total. The Bertz CT molecular complexity index is 1270. The molecule has 0 aliphatic heterocycles. The highest BCUT2D eigenvalue weighted by molar-refractivity contribution is 7.89. The molecule has 1 aromatic heterocycles. The number of rotatable bonds is 8. The number of nitro benzene ring substituents is 1. The number of pyridine rings is 1. The van der Waals surface area contributed by atoms with Gasteiger partial charge in [0.15, 0.2) is 0 Å². The second-order valence-corrected chi connectivity index (χ2v) is 9.06. The van der Waals surface area contributed by atoms with Crippen LogP contribution in [0.1, 0.15) is 34.8 Å². The van der Waals surface area contributed by atoms with Crippen molar-refractivity contribution in [1.29, 1.82) is 0 Å². The highest BCUT2D eigenvalue weighted by Gasteiger charge is 2.27. The molecular formula is C21H20N4O5S. The number of hydrogen-bond acceptors (Lipinski definition) is 6. The van der Waals surface area contributed by atoms with E-state index < -0.39 is 14.9 Å². The molecular weight excluding hydrogens is 420 g/mol. The van der Waals surface area contributed by atoms with Crippen LogP contribution in [0.25, 0.3) is 10.9 Å². The predicted molar refractivity (Wildman–Crippen MR) is 114 cm³/mol. The number of non-ortho nitro benzene ring substituents is 1. The van der Waals surface area contributed by atoms with E-state index in [4.69, 9.17) is 0 Å². The molecule has 31 heavy (non-hydrogen) atoms. The molecule has 160 valence electrons. The molecule has 9 nitrogen and oxygen atoms in total. The SMILES string of the molecule is O=C(NCCNS(=O)(=O)c1cccc([N+](=O)[O-])c1)c1cc(C2CC2)nc2ccccc12. The van der Waals surface area contributed by atoms with Gasteiger partial charge >= 0.3 is 0 Å². The van der Waals surface area contributed by atoms with Crippen molar-refractivity contribution < 1.29 is 18.1 Å². The zero-order valence-corrected chi connectivity index (χ0v) is 17.3. The number of sulfonamides is 1. The van der Waals surface area contributed by atoms with Crippen molar-refractivity contribution in [3.8, 4) is 0 Å². The summed E-state index contributed by atoms with van der Waals surface area (Å²) in [5.41, 5.74) is 1.85. The summed E-state index contributed by atoms with van der Waals surface area (Å²) in [7, 11) is -3.94. The van der Waals surface area contributed by atoms with Crippen molar-refractivity contribution in [2.75, 3.05) is 13.1 Å². The molecule has 0 bridgehead atoms. The number of nitro groups is 1. The quantitative estimate of drug-likeness (QED) is 0.315. The molecule has 1 heterocycles. The molecule has 3 aromatic rings. The Labute approximate surface area is 178 Å². The van der Waals surface area contributed by atoms with Crippen molar-refractivity contribution in [2.45, 2.75) is 23.7 Å². The van der Waals surface area contributed by atoms with Gasteiger partial charge in [-0.05, 0) is 31.0 Å². The van der Waals surface area contributed by atoms with Crippen LogP contribution in [0, 0.1) is 10.1 Å². The number of amides is 1. The van der Waals surface area contributed by atoms with Crippen LogP contribution in [-0.4, -0.2) is 37.3 Å². The van der Waals surface area contributed by atoms with Crippen LogP contribution in [0.5, 0.6) is 0 Å². The third-order valence-electron chi connectivity index (χ3n) is 5.02. The summed E-state index contributed by atoms with van der Waals surface area (Å²) < 4.78 is 27.1. The lowest BCUT2D eigenvalue weighted by Crippen LogP contribution is -2.34. The summed E-state index contributed by atoms with van der Waals surface area (Å²) >= 11 is 0. The molecule has 1 amide bonds. The fourth-order valence-corrected chi connectivity index (χ4v) is 4.35. The van der Waals surface area contributed by atoms with E-state index in [0.717, 1.165) is 35.5 Å². The average molecular weight is 440 g/mol. The molecule has 0 saturated heterocycles. The van der Waals surface area contributed by atoms with E-state index in [-0.39, 0.29) is 29.6 Å². The Hall–Kier alpha value is -3.37. The normalized spacial score (nSPS) is 13.8. The fraction of sp³-hybridized carbons (Fsp3) is 0.238. The highest BCUT2D eigenvalue weighted by atomic mass is 32.2. The van der Waals surface area contributed by atoms with Crippen LogP contribution >= 0.6 is 0 Å². The van der Waals surface area contributed by atoms with Gasteiger partial charge in [-0.25, -0.2) is 13.1 Å². The lowest BCUT2D eigenvalue weighted by atomic mass is 10.1. The van der Waals surface area contributed by atoms with Gasteiger partial charge < -0.3 is 5.32 Å². The maximum absolute atomic E-state index is 12.8.